The second kappa shape index (κ2) is 7.82. The van der Waals surface area contributed by atoms with Gasteiger partial charge in [0.05, 0.1) is 10.9 Å². The molecule has 2 aromatic rings. The van der Waals surface area contributed by atoms with E-state index in [-0.39, 0.29) is 16.8 Å². The average Bonchev–Trinajstić information content (AvgIpc) is 2.67. The van der Waals surface area contributed by atoms with Crippen molar-refractivity contribution >= 4 is 15.9 Å². The lowest BCUT2D eigenvalue weighted by Gasteiger charge is -2.20. The molecule has 1 atom stereocenters. The zero-order valence-electron chi connectivity index (χ0n) is 16.0. The van der Waals surface area contributed by atoms with Gasteiger partial charge >= 0.3 is 0 Å². The van der Waals surface area contributed by atoms with Gasteiger partial charge in [0.25, 0.3) is 5.91 Å². The van der Waals surface area contributed by atoms with Crippen molar-refractivity contribution in [2.45, 2.75) is 43.5 Å². The van der Waals surface area contributed by atoms with E-state index in [0.29, 0.717) is 5.56 Å². The molecule has 0 aliphatic heterocycles. The maximum absolute atomic E-state index is 12.6. The number of carbonyl (C=O) groups is 1. The fourth-order valence-electron chi connectivity index (χ4n) is 3.39. The van der Waals surface area contributed by atoms with Crippen molar-refractivity contribution in [2.75, 3.05) is 14.1 Å². The lowest BCUT2D eigenvalue weighted by Crippen LogP contribution is -2.27. The highest BCUT2D eigenvalue weighted by atomic mass is 32.2. The fraction of sp³-hybridized carbons (Fsp3) is 0.381. The summed E-state index contributed by atoms with van der Waals surface area (Å²) in [5.41, 5.74) is 4.19. The van der Waals surface area contributed by atoms with Crippen LogP contribution in [0.3, 0.4) is 0 Å². The monoisotopic (exact) mass is 386 g/mol. The summed E-state index contributed by atoms with van der Waals surface area (Å²) in [4.78, 5) is 12.8. The third kappa shape index (κ3) is 4.22. The number of hydrogen-bond acceptors (Lipinski definition) is 3. The third-order valence-corrected chi connectivity index (χ3v) is 6.91. The number of hydrogen-bond donors (Lipinski definition) is 1. The van der Waals surface area contributed by atoms with Crippen molar-refractivity contribution < 1.29 is 13.2 Å². The van der Waals surface area contributed by atoms with E-state index in [9.17, 15) is 13.2 Å². The summed E-state index contributed by atoms with van der Waals surface area (Å²) in [6, 6.07) is 12.4. The van der Waals surface area contributed by atoms with Gasteiger partial charge in [-0.25, -0.2) is 12.7 Å². The molecule has 144 valence electrons. The van der Waals surface area contributed by atoms with E-state index >= 15 is 0 Å². The second-order valence-corrected chi connectivity index (χ2v) is 9.40. The van der Waals surface area contributed by atoms with Crippen LogP contribution in [0.1, 0.15) is 52.9 Å². The Morgan fingerprint density at radius 2 is 1.74 bits per heavy atom. The van der Waals surface area contributed by atoms with Crippen molar-refractivity contribution in [2.24, 2.45) is 0 Å². The fourth-order valence-corrected chi connectivity index (χ4v) is 4.34. The van der Waals surface area contributed by atoms with Gasteiger partial charge in [-0.3, -0.25) is 4.79 Å². The molecule has 0 spiro atoms. The number of carbonyl (C=O) groups excluding carboxylic acids is 1. The van der Waals surface area contributed by atoms with Gasteiger partial charge in [0, 0.05) is 19.7 Å². The molecule has 1 aliphatic rings. The van der Waals surface area contributed by atoms with Crippen LogP contribution in [0.5, 0.6) is 0 Å². The molecule has 27 heavy (non-hydrogen) atoms. The molecule has 0 saturated carbocycles. The molecule has 0 radical (unpaired) electrons. The van der Waals surface area contributed by atoms with E-state index in [1.54, 1.807) is 12.1 Å². The number of rotatable bonds is 5. The molecular formula is C21H26N2O3S. The molecule has 6 heteroatoms. The van der Waals surface area contributed by atoms with Crippen LogP contribution in [0, 0.1) is 0 Å². The van der Waals surface area contributed by atoms with Crippen molar-refractivity contribution in [3.05, 3.63) is 64.7 Å². The van der Waals surface area contributed by atoms with E-state index in [1.165, 1.54) is 50.2 Å². The number of amides is 1. The zero-order valence-corrected chi connectivity index (χ0v) is 16.8. The molecule has 3 rings (SSSR count). The highest BCUT2D eigenvalue weighted by Gasteiger charge is 2.20. The SMILES string of the molecule is C[C@H](NC(=O)c1cccc(S(=O)(=O)N(C)C)c1)c1ccc2c(c1)CCCC2. The maximum Gasteiger partial charge on any atom is 0.251 e. The van der Waals surface area contributed by atoms with Crippen LogP contribution in [0.2, 0.25) is 0 Å². The lowest BCUT2D eigenvalue weighted by atomic mass is 9.89. The van der Waals surface area contributed by atoms with Crippen molar-refractivity contribution in [3.8, 4) is 0 Å². The standard InChI is InChI=1S/C21H26N2O3S/c1-15(17-12-11-16-7-4-5-8-18(16)13-17)22-21(24)19-9-6-10-20(14-19)27(25,26)23(2)3/h6,9-15H,4-5,7-8H2,1-3H3,(H,22,24)/t15-/m0/s1. The first kappa shape index (κ1) is 19.6. The first-order chi connectivity index (χ1) is 12.8. The molecular weight excluding hydrogens is 360 g/mol. The number of nitrogens with one attached hydrogen (secondary N) is 1. The van der Waals surface area contributed by atoms with Gasteiger partial charge in [-0.15, -0.1) is 0 Å². The Morgan fingerprint density at radius 3 is 2.44 bits per heavy atom. The minimum Gasteiger partial charge on any atom is -0.346 e. The predicted octanol–water partition coefficient (Wildman–Crippen LogP) is 3.31. The molecule has 2 aromatic carbocycles. The number of fused-ring (bicyclic) bond motifs is 1. The topological polar surface area (TPSA) is 66.5 Å². The largest absolute Gasteiger partial charge is 0.346 e. The molecule has 1 amide bonds. The van der Waals surface area contributed by atoms with Crippen molar-refractivity contribution in [1.82, 2.24) is 9.62 Å². The Balaban J connectivity index is 1.77. The summed E-state index contributed by atoms with van der Waals surface area (Å²) in [6.45, 7) is 1.95. The predicted molar refractivity (Wildman–Crippen MR) is 106 cm³/mol. The number of nitrogens with zero attached hydrogens (tertiary/aromatic N) is 1. The molecule has 0 unspecified atom stereocenters. The Labute approximate surface area is 161 Å². The van der Waals surface area contributed by atoms with Gasteiger partial charge in [-0.05, 0) is 67.5 Å². The Kier molecular flexibility index (Phi) is 5.67. The summed E-state index contributed by atoms with van der Waals surface area (Å²) in [5, 5.41) is 2.98. The van der Waals surface area contributed by atoms with Crippen molar-refractivity contribution in [1.29, 1.82) is 0 Å². The van der Waals surface area contributed by atoms with Gasteiger partial charge in [0.15, 0.2) is 0 Å². The Bertz CT molecular complexity index is 952. The summed E-state index contributed by atoms with van der Waals surface area (Å²) >= 11 is 0. The summed E-state index contributed by atoms with van der Waals surface area (Å²) in [5.74, 6) is -0.281. The summed E-state index contributed by atoms with van der Waals surface area (Å²) in [7, 11) is -0.626. The summed E-state index contributed by atoms with van der Waals surface area (Å²) < 4.78 is 25.7. The first-order valence-electron chi connectivity index (χ1n) is 9.24. The maximum atomic E-state index is 12.6. The number of benzene rings is 2. The van der Waals surface area contributed by atoms with Crippen LogP contribution in [0.15, 0.2) is 47.4 Å². The van der Waals surface area contributed by atoms with Crippen LogP contribution in [-0.4, -0.2) is 32.7 Å². The highest BCUT2D eigenvalue weighted by Crippen LogP contribution is 2.25. The third-order valence-electron chi connectivity index (χ3n) is 5.09. The normalized spacial score (nSPS) is 15.3. The molecule has 0 fully saturated rings. The number of aryl methyl sites for hydroxylation is 2. The van der Waals surface area contributed by atoms with Gasteiger partial charge in [0.1, 0.15) is 0 Å². The Morgan fingerprint density at radius 1 is 1.04 bits per heavy atom. The van der Waals surface area contributed by atoms with Crippen LogP contribution in [0.4, 0.5) is 0 Å². The van der Waals surface area contributed by atoms with E-state index in [4.69, 9.17) is 0 Å². The highest BCUT2D eigenvalue weighted by molar-refractivity contribution is 7.89. The summed E-state index contributed by atoms with van der Waals surface area (Å²) in [6.07, 6.45) is 4.67. The second-order valence-electron chi connectivity index (χ2n) is 7.25. The molecule has 1 aliphatic carbocycles. The van der Waals surface area contributed by atoms with E-state index in [1.807, 2.05) is 6.92 Å². The van der Waals surface area contributed by atoms with Gasteiger partial charge in [-0.1, -0.05) is 24.3 Å². The average molecular weight is 387 g/mol. The van der Waals surface area contributed by atoms with Gasteiger partial charge in [0.2, 0.25) is 10.0 Å². The minimum absolute atomic E-state index is 0.113. The molecule has 0 saturated heterocycles. The quantitative estimate of drug-likeness (QED) is 0.857. The minimum atomic E-state index is -3.57. The van der Waals surface area contributed by atoms with E-state index in [2.05, 4.69) is 23.5 Å². The molecule has 5 nitrogen and oxygen atoms in total. The van der Waals surface area contributed by atoms with Gasteiger partial charge in [-0.2, -0.15) is 0 Å². The lowest BCUT2D eigenvalue weighted by molar-refractivity contribution is 0.0939. The first-order valence-corrected chi connectivity index (χ1v) is 10.7. The van der Waals surface area contributed by atoms with Crippen LogP contribution < -0.4 is 5.32 Å². The van der Waals surface area contributed by atoms with Crippen LogP contribution >= 0.6 is 0 Å². The number of sulfonamides is 1. The van der Waals surface area contributed by atoms with Crippen LogP contribution in [0.25, 0.3) is 0 Å². The van der Waals surface area contributed by atoms with E-state index in [0.717, 1.165) is 22.7 Å². The molecule has 0 bridgehead atoms. The van der Waals surface area contributed by atoms with Gasteiger partial charge < -0.3 is 5.32 Å². The van der Waals surface area contributed by atoms with E-state index < -0.39 is 10.0 Å². The zero-order chi connectivity index (χ0) is 19.6. The molecule has 0 heterocycles. The smallest absolute Gasteiger partial charge is 0.251 e. The van der Waals surface area contributed by atoms with Crippen molar-refractivity contribution in [3.63, 3.8) is 0 Å². The molecule has 0 aromatic heterocycles. The molecule has 1 N–H and O–H groups in total. The Hall–Kier alpha value is -2.18. The van der Waals surface area contributed by atoms with Crippen LogP contribution in [-0.2, 0) is 22.9 Å².